The van der Waals surface area contributed by atoms with Crippen LogP contribution in [0.5, 0.6) is 11.6 Å². The van der Waals surface area contributed by atoms with E-state index >= 15 is 0 Å². The van der Waals surface area contributed by atoms with Gasteiger partial charge in [0.05, 0.1) is 0 Å². The molecule has 0 aliphatic heterocycles. The third kappa shape index (κ3) is 3.49. The predicted molar refractivity (Wildman–Crippen MR) is 70.9 cm³/mol. The Morgan fingerprint density at radius 3 is 2.14 bits per heavy atom. The minimum Gasteiger partial charge on any atom is -0.437 e. The zero-order valence-electron chi connectivity index (χ0n) is 11.5. The van der Waals surface area contributed by atoms with Gasteiger partial charge >= 0.3 is 6.18 Å². The molecule has 2 N–H and O–H groups in total. The van der Waals surface area contributed by atoms with Crippen molar-refractivity contribution in [3.05, 3.63) is 46.6 Å². The Morgan fingerprint density at radius 1 is 1.10 bits per heavy atom. The van der Waals surface area contributed by atoms with Crippen LogP contribution in [-0.2, 0) is 12.7 Å². The molecule has 0 bridgehead atoms. The van der Waals surface area contributed by atoms with E-state index in [4.69, 9.17) is 10.5 Å². The average molecular weight is 297 g/mol. The molecule has 4 nitrogen and oxygen atoms in total. The lowest BCUT2D eigenvalue weighted by Crippen LogP contribution is -2.09. The molecule has 0 saturated carbocycles. The number of nitrogens with two attached hydrogens (primary N) is 1. The molecule has 1 heterocycles. The summed E-state index contributed by atoms with van der Waals surface area (Å²) < 4.78 is 42.7. The molecule has 2 rings (SSSR count). The molecule has 21 heavy (non-hydrogen) atoms. The molecule has 0 unspecified atom stereocenters. The molecule has 0 radical (unpaired) electrons. The van der Waals surface area contributed by atoms with E-state index in [9.17, 15) is 13.2 Å². The monoisotopic (exact) mass is 297 g/mol. The summed E-state index contributed by atoms with van der Waals surface area (Å²) in [5, 5.41) is 6.57. The molecule has 0 amide bonds. The molecule has 1 aromatic carbocycles. The highest BCUT2D eigenvalue weighted by Gasteiger charge is 2.33. The SMILES string of the molecule is Cc1cc(CN)cc(C)c1Oc1ccc(C(F)(F)F)nn1. The Balaban J connectivity index is 2.26. The predicted octanol–water partition coefficient (Wildman–Crippen LogP) is 3.36. The Bertz CT molecular complexity index is 616. The number of nitrogens with zero attached hydrogens (tertiary/aromatic N) is 2. The van der Waals surface area contributed by atoms with E-state index in [1.54, 1.807) is 0 Å². The van der Waals surface area contributed by atoms with Crippen LogP contribution < -0.4 is 10.5 Å². The number of hydrogen-bond donors (Lipinski definition) is 1. The molecule has 2 aromatic rings. The molecule has 7 heteroatoms. The van der Waals surface area contributed by atoms with Crippen LogP contribution in [0.2, 0.25) is 0 Å². The highest BCUT2D eigenvalue weighted by molar-refractivity contribution is 5.45. The summed E-state index contributed by atoms with van der Waals surface area (Å²) in [5.41, 5.74) is 7.14. The van der Waals surface area contributed by atoms with E-state index in [2.05, 4.69) is 10.2 Å². The van der Waals surface area contributed by atoms with Crippen molar-refractivity contribution in [1.82, 2.24) is 10.2 Å². The van der Waals surface area contributed by atoms with Crippen molar-refractivity contribution in [1.29, 1.82) is 0 Å². The van der Waals surface area contributed by atoms with Crippen LogP contribution in [0.4, 0.5) is 13.2 Å². The standard InChI is InChI=1S/C14H14F3N3O/c1-8-5-10(7-18)6-9(2)13(8)21-12-4-3-11(19-20-12)14(15,16)17/h3-6H,7,18H2,1-2H3. The van der Waals surface area contributed by atoms with Gasteiger partial charge in [-0.15, -0.1) is 10.2 Å². The maximum absolute atomic E-state index is 12.4. The fourth-order valence-corrected chi connectivity index (χ4v) is 1.95. The van der Waals surface area contributed by atoms with Crippen molar-refractivity contribution in [2.24, 2.45) is 5.73 Å². The molecule has 1 aromatic heterocycles. The minimum absolute atomic E-state index is 0.00898. The second kappa shape index (κ2) is 5.69. The lowest BCUT2D eigenvalue weighted by atomic mass is 10.1. The maximum Gasteiger partial charge on any atom is 0.435 e. The third-order valence-electron chi connectivity index (χ3n) is 2.89. The van der Waals surface area contributed by atoms with Gasteiger partial charge < -0.3 is 10.5 Å². The van der Waals surface area contributed by atoms with Crippen LogP contribution in [0.3, 0.4) is 0 Å². The molecule has 112 valence electrons. The number of hydrogen-bond acceptors (Lipinski definition) is 4. The van der Waals surface area contributed by atoms with Crippen LogP contribution in [-0.4, -0.2) is 10.2 Å². The first-order valence-electron chi connectivity index (χ1n) is 6.20. The lowest BCUT2D eigenvalue weighted by Gasteiger charge is -2.12. The van der Waals surface area contributed by atoms with E-state index in [0.29, 0.717) is 12.3 Å². The molecule has 0 spiro atoms. The maximum atomic E-state index is 12.4. The lowest BCUT2D eigenvalue weighted by molar-refractivity contribution is -0.141. The Hall–Kier alpha value is -2.15. The summed E-state index contributed by atoms with van der Waals surface area (Å²) >= 11 is 0. The van der Waals surface area contributed by atoms with Crippen LogP contribution in [0.15, 0.2) is 24.3 Å². The fourth-order valence-electron chi connectivity index (χ4n) is 1.95. The number of ether oxygens (including phenoxy) is 1. The normalized spacial score (nSPS) is 11.5. The summed E-state index contributed by atoms with van der Waals surface area (Å²) in [7, 11) is 0. The molecular weight excluding hydrogens is 283 g/mol. The summed E-state index contributed by atoms with van der Waals surface area (Å²) in [4.78, 5) is 0. The van der Waals surface area contributed by atoms with E-state index in [1.807, 2.05) is 26.0 Å². The average Bonchev–Trinajstić information content (AvgIpc) is 2.42. The second-order valence-electron chi connectivity index (χ2n) is 4.62. The van der Waals surface area contributed by atoms with Crippen molar-refractivity contribution in [3.8, 4) is 11.6 Å². The van der Waals surface area contributed by atoms with Gasteiger partial charge in [-0.05, 0) is 36.6 Å². The Morgan fingerprint density at radius 2 is 1.71 bits per heavy atom. The van der Waals surface area contributed by atoms with Crippen LogP contribution in [0.1, 0.15) is 22.4 Å². The van der Waals surface area contributed by atoms with E-state index in [0.717, 1.165) is 28.8 Å². The van der Waals surface area contributed by atoms with Gasteiger partial charge in [-0.25, -0.2) is 0 Å². The molecular formula is C14H14F3N3O. The highest BCUT2D eigenvalue weighted by atomic mass is 19.4. The van der Waals surface area contributed by atoms with Crippen LogP contribution >= 0.6 is 0 Å². The van der Waals surface area contributed by atoms with Crippen molar-refractivity contribution in [2.45, 2.75) is 26.6 Å². The van der Waals surface area contributed by atoms with Gasteiger partial charge in [-0.2, -0.15) is 13.2 Å². The number of rotatable bonds is 3. The third-order valence-corrected chi connectivity index (χ3v) is 2.89. The number of benzene rings is 1. The first-order chi connectivity index (χ1) is 9.81. The van der Waals surface area contributed by atoms with Crippen LogP contribution in [0, 0.1) is 13.8 Å². The zero-order chi connectivity index (χ0) is 15.6. The van der Waals surface area contributed by atoms with Gasteiger partial charge in [0.1, 0.15) is 5.75 Å². The first-order valence-corrected chi connectivity index (χ1v) is 6.20. The summed E-state index contributed by atoms with van der Waals surface area (Å²) in [6.45, 7) is 4.07. The van der Waals surface area contributed by atoms with Gasteiger partial charge in [-0.3, -0.25) is 0 Å². The van der Waals surface area contributed by atoms with Crippen molar-refractivity contribution in [3.63, 3.8) is 0 Å². The zero-order valence-corrected chi connectivity index (χ0v) is 11.5. The van der Waals surface area contributed by atoms with Gasteiger partial charge in [0, 0.05) is 12.6 Å². The largest absolute Gasteiger partial charge is 0.437 e. The van der Waals surface area contributed by atoms with Gasteiger partial charge in [0.25, 0.3) is 0 Å². The number of aromatic nitrogens is 2. The summed E-state index contributed by atoms with van der Waals surface area (Å²) in [6, 6.07) is 5.70. The number of alkyl halides is 3. The number of halogens is 3. The quantitative estimate of drug-likeness (QED) is 0.943. The fraction of sp³-hybridized carbons (Fsp3) is 0.286. The molecule has 0 aliphatic rings. The number of aryl methyl sites for hydroxylation is 2. The van der Waals surface area contributed by atoms with Crippen LogP contribution in [0.25, 0.3) is 0 Å². The van der Waals surface area contributed by atoms with E-state index in [1.165, 1.54) is 0 Å². The van der Waals surface area contributed by atoms with Crippen molar-refractivity contribution < 1.29 is 17.9 Å². The highest BCUT2D eigenvalue weighted by Crippen LogP contribution is 2.31. The van der Waals surface area contributed by atoms with Gasteiger partial charge in [0.15, 0.2) is 5.69 Å². The Labute approximate surface area is 119 Å². The topological polar surface area (TPSA) is 61.0 Å². The summed E-state index contributed by atoms with van der Waals surface area (Å²) in [6.07, 6.45) is -4.51. The molecule has 0 atom stereocenters. The van der Waals surface area contributed by atoms with E-state index in [-0.39, 0.29) is 5.88 Å². The van der Waals surface area contributed by atoms with Crippen molar-refractivity contribution in [2.75, 3.05) is 0 Å². The summed E-state index contributed by atoms with van der Waals surface area (Å²) in [5.74, 6) is 0.552. The Kier molecular flexibility index (Phi) is 4.13. The molecule has 0 aliphatic carbocycles. The smallest absolute Gasteiger partial charge is 0.435 e. The van der Waals surface area contributed by atoms with E-state index < -0.39 is 11.9 Å². The van der Waals surface area contributed by atoms with Gasteiger partial charge in [0.2, 0.25) is 5.88 Å². The first kappa shape index (κ1) is 15.2. The molecule has 0 saturated heterocycles. The second-order valence-corrected chi connectivity index (χ2v) is 4.62. The van der Waals surface area contributed by atoms with Gasteiger partial charge in [-0.1, -0.05) is 12.1 Å². The minimum atomic E-state index is -4.51. The molecule has 0 fully saturated rings. The van der Waals surface area contributed by atoms with Crippen molar-refractivity contribution >= 4 is 0 Å².